The number of carbonyl (C=O) groups is 1. The van der Waals surface area contributed by atoms with Gasteiger partial charge in [-0.25, -0.2) is 4.68 Å². The molecule has 4 rings (SSSR count). The zero-order chi connectivity index (χ0) is 21.8. The van der Waals surface area contributed by atoms with Gasteiger partial charge in [-0.2, -0.15) is 5.10 Å². The van der Waals surface area contributed by atoms with Crippen molar-refractivity contribution in [3.63, 3.8) is 0 Å². The van der Waals surface area contributed by atoms with Crippen LogP contribution in [-0.2, 0) is 11.3 Å². The molecule has 0 spiro atoms. The summed E-state index contributed by atoms with van der Waals surface area (Å²) in [6.07, 6.45) is 4.71. The van der Waals surface area contributed by atoms with E-state index in [1.54, 1.807) is 17.0 Å². The molecule has 1 N–H and O–H groups in total. The summed E-state index contributed by atoms with van der Waals surface area (Å²) in [5.41, 5.74) is 3.11. The number of rotatable bonds is 6. The van der Waals surface area contributed by atoms with Crippen molar-refractivity contribution in [1.29, 1.82) is 0 Å². The number of aryl methyl sites for hydroxylation is 1. The first-order valence-corrected chi connectivity index (χ1v) is 10.8. The quantitative estimate of drug-likeness (QED) is 0.395. The van der Waals surface area contributed by atoms with Crippen molar-refractivity contribution in [3.8, 4) is 10.7 Å². The number of halogens is 2. The molecule has 0 bridgehead atoms. The van der Waals surface area contributed by atoms with Crippen molar-refractivity contribution in [2.24, 2.45) is 0 Å². The van der Waals surface area contributed by atoms with E-state index in [9.17, 15) is 4.79 Å². The second-order valence-corrected chi connectivity index (χ2v) is 8.30. The van der Waals surface area contributed by atoms with Crippen LogP contribution in [-0.4, -0.2) is 30.9 Å². The number of benzene rings is 1. The lowest BCUT2D eigenvalue weighted by Gasteiger charge is -2.03. The highest BCUT2D eigenvalue weighted by Crippen LogP contribution is 2.25. The Bertz CT molecular complexity index is 1230. The van der Waals surface area contributed by atoms with Gasteiger partial charge in [-0.05, 0) is 42.8 Å². The second-order valence-electron chi connectivity index (χ2n) is 6.52. The summed E-state index contributed by atoms with van der Waals surface area (Å²) in [6, 6.07) is 13.0. The Morgan fingerprint density at radius 3 is 2.71 bits per heavy atom. The van der Waals surface area contributed by atoms with E-state index in [1.807, 2.05) is 49.4 Å². The van der Waals surface area contributed by atoms with Crippen LogP contribution in [0, 0.1) is 6.92 Å². The van der Waals surface area contributed by atoms with Crippen molar-refractivity contribution in [2.75, 3.05) is 5.32 Å². The molecule has 0 unspecified atom stereocenters. The third-order valence-electron chi connectivity index (χ3n) is 4.30. The van der Waals surface area contributed by atoms with E-state index >= 15 is 0 Å². The summed E-state index contributed by atoms with van der Waals surface area (Å²) >= 11 is 13.7. The van der Waals surface area contributed by atoms with Gasteiger partial charge in [0.25, 0.3) is 0 Å². The molecule has 4 aromatic rings. The van der Waals surface area contributed by atoms with Crippen LogP contribution in [0.15, 0.2) is 54.7 Å². The Labute approximate surface area is 192 Å². The molecule has 0 saturated carbocycles. The monoisotopic (exact) mass is 470 g/mol. The van der Waals surface area contributed by atoms with Crippen molar-refractivity contribution in [1.82, 2.24) is 25.0 Å². The van der Waals surface area contributed by atoms with Crippen LogP contribution in [0.2, 0.25) is 10.2 Å². The first-order chi connectivity index (χ1) is 15.0. The molecule has 0 aliphatic rings. The Morgan fingerprint density at radius 2 is 1.97 bits per heavy atom. The van der Waals surface area contributed by atoms with Gasteiger partial charge in [-0.1, -0.05) is 52.7 Å². The van der Waals surface area contributed by atoms with E-state index in [0.29, 0.717) is 38.1 Å². The number of anilines is 1. The summed E-state index contributed by atoms with van der Waals surface area (Å²) in [4.78, 5) is 16.6. The molecule has 0 aliphatic heterocycles. The van der Waals surface area contributed by atoms with Gasteiger partial charge >= 0.3 is 0 Å². The lowest BCUT2D eigenvalue weighted by molar-refractivity contribution is -0.111. The van der Waals surface area contributed by atoms with Crippen LogP contribution in [0.25, 0.3) is 16.8 Å². The van der Waals surface area contributed by atoms with Gasteiger partial charge in [0.1, 0.15) is 10.8 Å². The molecule has 156 valence electrons. The van der Waals surface area contributed by atoms with Crippen LogP contribution >= 0.6 is 34.5 Å². The fraction of sp³-hybridized carbons (Fsp3) is 0.0952. The van der Waals surface area contributed by atoms with E-state index < -0.39 is 0 Å². The van der Waals surface area contributed by atoms with Crippen LogP contribution in [0.4, 0.5) is 5.13 Å². The molecule has 0 fully saturated rings. The molecule has 1 aromatic carbocycles. The lowest BCUT2D eigenvalue weighted by Crippen LogP contribution is -2.07. The zero-order valence-electron chi connectivity index (χ0n) is 16.3. The van der Waals surface area contributed by atoms with Gasteiger partial charge in [0.2, 0.25) is 11.0 Å². The maximum Gasteiger partial charge on any atom is 0.250 e. The molecule has 31 heavy (non-hydrogen) atoms. The van der Waals surface area contributed by atoms with Gasteiger partial charge in [-0.15, -0.1) is 10.2 Å². The van der Waals surface area contributed by atoms with Crippen LogP contribution < -0.4 is 5.32 Å². The number of pyridine rings is 1. The SMILES string of the molecule is Cc1nn(Cc2ccc(Cl)cc2)c(Cl)c1/C=C/C(=O)Nc1nnc(-c2ccccn2)s1. The van der Waals surface area contributed by atoms with Crippen LogP contribution in [0.1, 0.15) is 16.8 Å². The highest BCUT2D eigenvalue weighted by atomic mass is 35.5. The molecule has 0 radical (unpaired) electrons. The summed E-state index contributed by atoms with van der Waals surface area (Å²) < 4.78 is 1.68. The van der Waals surface area contributed by atoms with Crippen molar-refractivity contribution in [2.45, 2.75) is 13.5 Å². The van der Waals surface area contributed by atoms with E-state index in [1.165, 1.54) is 17.4 Å². The van der Waals surface area contributed by atoms with Crippen molar-refractivity contribution < 1.29 is 4.79 Å². The molecule has 10 heteroatoms. The number of carbonyl (C=O) groups excluding carboxylic acids is 1. The number of aromatic nitrogens is 5. The zero-order valence-corrected chi connectivity index (χ0v) is 18.6. The molecule has 0 atom stereocenters. The smallest absolute Gasteiger partial charge is 0.250 e. The Balaban J connectivity index is 1.43. The summed E-state index contributed by atoms with van der Waals surface area (Å²) in [6.45, 7) is 2.34. The molecule has 1 amide bonds. The molecule has 7 nitrogen and oxygen atoms in total. The first-order valence-electron chi connectivity index (χ1n) is 9.21. The largest absolute Gasteiger partial charge is 0.297 e. The lowest BCUT2D eigenvalue weighted by atomic mass is 10.2. The number of hydrogen-bond acceptors (Lipinski definition) is 6. The van der Waals surface area contributed by atoms with Crippen molar-refractivity contribution >= 4 is 51.7 Å². The maximum absolute atomic E-state index is 12.3. The predicted molar refractivity (Wildman–Crippen MR) is 123 cm³/mol. The predicted octanol–water partition coefficient (Wildman–Crippen LogP) is 5.11. The maximum atomic E-state index is 12.3. The van der Waals surface area contributed by atoms with E-state index in [2.05, 4.69) is 25.6 Å². The van der Waals surface area contributed by atoms with E-state index in [-0.39, 0.29) is 5.91 Å². The third-order valence-corrected chi connectivity index (χ3v) is 5.81. The highest BCUT2D eigenvalue weighted by molar-refractivity contribution is 7.18. The molecular weight excluding hydrogens is 455 g/mol. The van der Waals surface area contributed by atoms with E-state index in [4.69, 9.17) is 23.2 Å². The minimum atomic E-state index is -0.343. The fourth-order valence-corrected chi connectivity index (χ4v) is 3.94. The molecule has 3 aromatic heterocycles. The average Bonchev–Trinajstić information content (AvgIpc) is 3.33. The van der Waals surface area contributed by atoms with Gasteiger partial charge in [0, 0.05) is 22.9 Å². The summed E-state index contributed by atoms with van der Waals surface area (Å²) in [5.74, 6) is -0.343. The van der Waals surface area contributed by atoms with Gasteiger partial charge in [-0.3, -0.25) is 15.1 Å². The minimum absolute atomic E-state index is 0.343. The minimum Gasteiger partial charge on any atom is -0.297 e. The molecular formula is C21H16Cl2N6OS. The molecule has 0 saturated heterocycles. The van der Waals surface area contributed by atoms with E-state index in [0.717, 1.165) is 11.3 Å². The van der Waals surface area contributed by atoms with Gasteiger partial charge in [0.05, 0.1) is 12.2 Å². The van der Waals surface area contributed by atoms with Crippen molar-refractivity contribution in [3.05, 3.63) is 81.7 Å². The first kappa shape index (κ1) is 21.2. The van der Waals surface area contributed by atoms with Gasteiger partial charge < -0.3 is 0 Å². The normalized spacial score (nSPS) is 11.2. The number of nitrogens with one attached hydrogen (secondary N) is 1. The third kappa shape index (κ3) is 5.16. The number of nitrogens with zero attached hydrogens (tertiary/aromatic N) is 5. The topological polar surface area (TPSA) is 85.6 Å². The van der Waals surface area contributed by atoms with Gasteiger partial charge in [0.15, 0.2) is 5.01 Å². The number of hydrogen-bond donors (Lipinski definition) is 1. The fourth-order valence-electron chi connectivity index (χ4n) is 2.80. The second kappa shape index (κ2) is 9.38. The standard InChI is InChI=1S/C21H16Cl2N6OS/c1-13-16(19(23)29(28-13)12-14-5-7-15(22)8-6-14)9-10-18(30)25-21-27-26-20(31-21)17-4-2-3-11-24-17/h2-11H,12H2,1H3,(H,25,27,30)/b10-9+. The Morgan fingerprint density at radius 1 is 1.16 bits per heavy atom. The summed E-state index contributed by atoms with van der Waals surface area (Å²) in [5, 5.41) is 17.4. The van der Waals surface area contributed by atoms with Crippen LogP contribution in [0.5, 0.6) is 0 Å². The molecule has 0 aliphatic carbocycles. The Kier molecular flexibility index (Phi) is 6.41. The summed E-state index contributed by atoms with van der Waals surface area (Å²) in [7, 11) is 0. The average molecular weight is 471 g/mol. The van der Waals surface area contributed by atoms with Crippen LogP contribution in [0.3, 0.4) is 0 Å². The highest BCUT2D eigenvalue weighted by Gasteiger charge is 2.13. The Hall–Kier alpha value is -3.07. The molecule has 3 heterocycles. The number of amides is 1.